The monoisotopic (exact) mass is 250 g/mol. The number of amides is 1. The Kier molecular flexibility index (Phi) is 3.50. The van der Waals surface area contributed by atoms with Crippen molar-refractivity contribution in [1.29, 1.82) is 0 Å². The molecule has 2 atom stereocenters. The molecule has 0 saturated heterocycles. The molecule has 0 saturated carbocycles. The molecule has 2 unspecified atom stereocenters. The second-order valence-corrected chi connectivity index (χ2v) is 4.78. The van der Waals surface area contributed by atoms with E-state index in [0.717, 1.165) is 11.3 Å². The third kappa shape index (κ3) is 2.87. The Morgan fingerprint density at radius 3 is 2.82 bits per heavy atom. The highest BCUT2D eigenvalue weighted by Gasteiger charge is 2.22. The van der Waals surface area contributed by atoms with Gasteiger partial charge in [-0.3, -0.25) is 4.79 Å². The van der Waals surface area contributed by atoms with Crippen LogP contribution in [-0.2, 0) is 4.79 Å². The van der Waals surface area contributed by atoms with Crippen molar-refractivity contribution in [2.75, 3.05) is 5.32 Å². The number of nitrogens with one attached hydrogen (secondary N) is 1. The minimum atomic E-state index is -0.125. The molecule has 0 aromatic heterocycles. The van der Waals surface area contributed by atoms with Gasteiger partial charge in [-0.05, 0) is 37.1 Å². The minimum absolute atomic E-state index is 0.00272. The van der Waals surface area contributed by atoms with E-state index >= 15 is 0 Å². The van der Waals surface area contributed by atoms with Crippen LogP contribution in [0.3, 0.4) is 0 Å². The number of nitrogens with two attached hydrogens (primary N) is 1. The summed E-state index contributed by atoms with van der Waals surface area (Å²) in [5.41, 5.74) is 7.48. The SMILES string of the molecule is Cc1cc(Cl)ccc1NC(=O)C1C=CC(N)C1. The highest BCUT2D eigenvalue weighted by atomic mass is 35.5. The predicted octanol–water partition coefficient (Wildman–Crippen LogP) is 2.49. The summed E-state index contributed by atoms with van der Waals surface area (Å²) >= 11 is 5.86. The van der Waals surface area contributed by atoms with Crippen LogP contribution in [0.5, 0.6) is 0 Å². The maximum Gasteiger partial charge on any atom is 0.231 e. The first kappa shape index (κ1) is 12.1. The predicted molar refractivity (Wildman–Crippen MR) is 70.0 cm³/mol. The fourth-order valence-electron chi connectivity index (χ4n) is 1.91. The first-order valence-corrected chi connectivity index (χ1v) is 5.95. The van der Waals surface area contributed by atoms with Crippen molar-refractivity contribution in [2.45, 2.75) is 19.4 Å². The van der Waals surface area contributed by atoms with Crippen LogP contribution >= 0.6 is 11.6 Å². The molecule has 0 aliphatic heterocycles. The molecule has 3 nitrogen and oxygen atoms in total. The van der Waals surface area contributed by atoms with Crippen molar-refractivity contribution in [2.24, 2.45) is 11.7 Å². The molecule has 1 aliphatic rings. The van der Waals surface area contributed by atoms with Crippen LogP contribution in [0, 0.1) is 12.8 Å². The van der Waals surface area contributed by atoms with Gasteiger partial charge in [0.25, 0.3) is 0 Å². The number of aryl methyl sites for hydroxylation is 1. The molecule has 1 aromatic rings. The summed E-state index contributed by atoms with van der Waals surface area (Å²) in [4.78, 5) is 11.9. The molecule has 1 aromatic carbocycles. The smallest absolute Gasteiger partial charge is 0.231 e. The Morgan fingerprint density at radius 2 is 2.24 bits per heavy atom. The van der Waals surface area contributed by atoms with Crippen LogP contribution in [0.2, 0.25) is 5.02 Å². The fraction of sp³-hybridized carbons (Fsp3) is 0.308. The largest absolute Gasteiger partial charge is 0.325 e. The van der Waals surface area contributed by atoms with E-state index in [1.165, 1.54) is 0 Å². The molecule has 17 heavy (non-hydrogen) atoms. The highest BCUT2D eigenvalue weighted by molar-refractivity contribution is 6.30. The van der Waals surface area contributed by atoms with Gasteiger partial charge in [0, 0.05) is 16.8 Å². The van der Waals surface area contributed by atoms with Gasteiger partial charge in [0.15, 0.2) is 0 Å². The van der Waals surface area contributed by atoms with Crippen LogP contribution in [0.15, 0.2) is 30.4 Å². The second kappa shape index (κ2) is 4.90. The van der Waals surface area contributed by atoms with E-state index in [1.807, 2.05) is 31.2 Å². The molecule has 4 heteroatoms. The van der Waals surface area contributed by atoms with Gasteiger partial charge in [-0.1, -0.05) is 23.8 Å². The molecule has 1 aliphatic carbocycles. The van der Waals surface area contributed by atoms with Crippen molar-refractivity contribution in [1.82, 2.24) is 0 Å². The normalized spacial score (nSPS) is 22.8. The molecule has 0 fully saturated rings. The van der Waals surface area contributed by atoms with E-state index in [1.54, 1.807) is 6.07 Å². The van der Waals surface area contributed by atoms with E-state index < -0.39 is 0 Å². The van der Waals surface area contributed by atoms with Crippen molar-refractivity contribution in [3.05, 3.63) is 40.9 Å². The molecule has 0 bridgehead atoms. The van der Waals surface area contributed by atoms with Crippen molar-refractivity contribution in [3.63, 3.8) is 0 Å². The van der Waals surface area contributed by atoms with Gasteiger partial charge in [-0.2, -0.15) is 0 Å². The second-order valence-electron chi connectivity index (χ2n) is 4.34. The summed E-state index contributed by atoms with van der Waals surface area (Å²) in [7, 11) is 0. The summed E-state index contributed by atoms with van der Waals surface area (Å²) in [6.07, 6.45) is 4.42. The topological polar surface area (TPSA) is 55.1 Å². The zero-order valence-electron chi connectivity index (χ0n) is 9.61. The van der Waals surface area contributed by atoms with Gasteiger partial charge in [0.05, 0.1) is 5.92 Å². The molecular formula is C13H15ClN2O. The molecule has 0 heterocycles. The van der Waals surface area contributed by atoms with Gasteiger partial charge >= 0.3 is 0 Å². The number of anilines is 1. The van der Waals surface area contributed by atoms with Crippen LogP contribution < -0.4 is 11.1 Å². The van der Waals surface area contributed by atoms with Crippen molar-refractivity contribution in [3.8, 4) is 0 Å². The molecule has 90 valence electrons. The number of hydrogen-bond donors (Lipinski definition) is 2. The highest BCUT2D eigenvalue weighted by Crippen LogP contribution is 2.22. The average Bonchev–Trinajstić information content (AvgIpc) is 2.69. The maximum absolute atomic E-state index is 11.9. The number of carbonyl (C=O) groups is 1. The average molecular weight is 251 g/mol. The van der Waals surface area contributed by atoms with E-state index in [4.69, 9.17) is 17.3 Å². The summed E-state index contributed by atoms with van der Waals surface area (Å²) in [5, 5.41) is 3.57. The van der Waals surface area contributed by atoms with Gasteiger partial charge in [0.1, 0.15) is 0 Å². The number of rotatable bonds is 2. The summed E-state index contributed by atoms with van der Waals surface area (Å²) in [5.74, 6) is -0.139. The molecule has 3 N–H and O–H groups in total. The summed E-state index contributed by atoms with van der Waals surface area (Å²) in [6.45, 7) is 1.91. The zero-order chi connectivity index (χ0) is 12.4. The lowest BCUT2D eigenvalue weighted by atomic mass is 10.1. The fourth-order valence-corrected chi connectivity index (χ4v) is 2.14. The first-order valence-electron chi connectivity index (χ1n) is 5.57. The number of benzene rings is 1. The Balaban J connectivity index is 2.06. The standard InChI is InChI=1S/C13H15ClN2O/c1-8-6-10(14)3-5-12(8)16-13(17)9-2-4-11(15)7-9/h2-6,9,11H,7,15H2,1H3,(H,16,17). The lowest BCUT2D eigenvalue weighted by Crippen LogP contribution is -2.24. The van der Waals surface area contributed by atoms with Crippen molar-refractivity contribution < 1.29 is 4.79 Å². The lowest BCUT2D eigenvalue weighted by Gasteiger charge is -2.12. The van der Waals surface area contributed by atoms with Gasteiger partial charge in [-0.25, -0.2) is 0 Å². The Morgan fingerprint density at radius 1 is 1.47 bits per heavy atom. The van der Waals surface area contributed by atoms with Crippen LogP contribution in [0.4, 0.5) is 5.69 Å². The third-order valence-electron chi connectivity index (χ3n) is 2.90. The third-order valence-corrected chi connectivity index (χ3v) is 3.13. The summed E-state index contributed by atoms with van der Waals surface area (Å²) in [6, 6.07) is 5.40. The molecule has 0 spiro atoms. The molecule has 2 rings (SSSR count). The Labute approximate surface area is 106 Å². The van der Waals surface area contributed by atoms with Gasteiger partial charge in [-0.15, -0.1) is 0 Å². The zero-order valence-corrected chi connectivity index (χ0v) is 10.4. The first-order chi connectivity index (χ1) is 8.06. The quantitative estimate of drug-likeness (QED) is 0.793. The van der Waals surface area contributed by atoms with Crippen LogP contribution in [0.1, 0.15) is 12.0 Å². The van der Waals surface area contributed by atoms with Gasteiger partial charge in [0.2, 0.25) is 5.91 Å². The number of hydrogen-bond acceptors (Lipinski definition) is 2. The Hall–Kier alpha value is -1.32. The van der Waals surface area contributed by atoms with Gasteiger partial charge < -0.3 is 11.1 Å². The number of carbonyl (C=O) groups excluding carboxylic acids is 1. The number of halogens is 1. The van der Waals surface area contributed by atoms with E-state index in [9.17, 15) is 4.79 Å². The molecule has 0 radical (unpaired) electrons. The molecule has 1 amide bonds. The minimum Gasteiger partial charge on any atom is -0.325 e. The molecular weight excluding hydrogens is 236 g/mol. The van der Waals surface area contributed by atoms with E-state index in [0.29, 0.717) is 11.4 Å². The van der Waals surface area contributed by atoms with E-state index in [2.05, 4.69) is 5.32 Å². The van der Waals surface area contributed by atoms with Crippen molar-refractivity contribution >= 4 is 23.2 Å². The Bertz CT molecular complexity index is 470. The maximum atomic E-state index is 11.9. The lowest BCUT2D eigenvalue weighted by molar-refractivity contribution is -0.118. The van der Waals surface area contributed by atoms with Crippen LogP contribution in [0.25, 0.3) is 0 Å². The van der Waals surface area contributed by atoms with Crippen LogP contribution in [-0.4, -0.2) is 11.9 Å². The summed E-state index contributed by atoms with van der Waals surface area (Å²) < 4.78 is 0. The van der Waals surface area contributed by atoms with E-state index in [-0.39, 0.29) is 17.9 Å².